The number of nitrogens with two attached hydrogens (primary N) is 1. The number of primary amides is 1. The monoisotopic (exact) mass is 405 g/mol. The fraction of sp³-hybridized carbons (Fsp3) is 0.591. The third kappa shape index (κ3) is 3.37. The number of carbonyl (C=O) groups excluding carboxylic acids is 1. The second kappa shape index (κ2) is 6.99. The van der Waals surface area contributed by atoms with Gasteiger partial charge in [0.2, 0.25) is 5.91 Å². The van der Waals surface area contributed by atoms with Crippen LogP contribution in [-0.4, -0.2) is 28.4 Å². The van der Waals surface area contributed by atoms with E-state index in [1.807, 2.05) is 30.3 Å². The van der Waals surface area contributed by atoms with Crippen molar-refractivity contribution in [3.63, 3.8) is 0 Å². The normalized spacial score (nSPS) is 38.9. The van der Waals surface area contributed by atoms with Crippen molar-refractivity contribution in [2.75, 3.05) is 6.61 Å². The molecule has 4 aliphatic rings. The Hall–Kier alpha value is -1.21. The Labute approximate surface area is 170 Å². The molecule has 2 N–H and O–H groups in total. The lowest BCUT2D eigenvalue weighted by Crippen LogP contribution is -2.62. The minimum Gasteiger partial charge on any atom is -0.367 e. The van der Waals surface area contributed by atoms with Crippen LogP contribution >= 0.6 is 23.2 Å². The van der Waals surface area contributed by atoms with Gasteiger partial charge in [-0.3, -0.25) is 4.79 Å². The topological polar surface area (TPSA) is 52.3 Å². The van der Waals surface area contributed by atoms with Crippen molar-refractivity contribution in [3.05, 3.63) is 35.9 Å². The van der Waals surface area contributed by atoms with Crippen molar-refractivity contribution in [2.24, 2.45) is 23.5 Å². The van der Waals surface area contributed by atoms with E-state index in [1.165, 1.54) is 0 Å². The highest BCUT2D eigenvalue weighted by Gasteiger charge is 2.64. The molecule has 27 heavy (non-hydrogen) atoms. The van der Waals surface area contributed by atoms with E-state index in [-0.39, 0.29) is 23.3 Å². The van der Waals surface area contributed by atoms with Crippen molar-refractivity contribution in [2.45, 2.75) is 53.9 Å². The highest BCUT2D eigenvalue weighted by Crippen LogP contribution is 2.67. The second-order valence-electron chi connectivity index (χ2n) is 8.64. The third-order valence-corrected chi connectivity index (χ3v) is 7.77. The number of carbonyl (C=O) groups is 1. The predicted octanol–water partition coefficient (Wildman–Crippen LogP) is 4.07. The largest absolute Gasteiger partial charge is 0.367 e. The van der Waals surface area contributed by atoms with Gasteiger partial charge >= 0.3 is 0 Å². The molecule has 4 aliphatic carbocycles. The maximum absolute atomic E-state index is 12.4. The molecule has 4 bridgehead atoms. The molecule has 4 fully saturated rings. The second-order valence-corrected chi connectivity index (χ2v) is 10.2. The molecule has 1 amide bonds. The molecule has 0 spiro atoms. The number of benzene rings is 1. The summed E-state index contributed by atoms with van der Waals surface area (Å²) < 4.78 is 5.79. The number of hydrogen-bond donors (Lipinski definition) is 1. The molecule has 7 atom stereocenters. The van der Waals surface area contributed by atoms with E-state index in [9.17, 15) is 4.79 Å². The molecule has 5 rings (SSSR count). The van der Waals surface area contributed by atoms with Crippen molar-refractivity contribution in [1.82, 2.24) is 0 Å². The standard InChI is InChI=1S/C22H25Cl2NO2/c1-2-8-27-19(20(25)26)17(15-6-4-3-5-7-15)18-16-9-14-10-21(23,12-16)13-22(18,24)11-14/h1,3-7,14,16-19H,8-13H2,(H2,25,26)/t14-,16+,17+,18-,19?,21+,22+/m1/s1. The first-order valence-corrected chi connectivity index (χ1v) is 10.4. The summed E-state index contributed by atoms with van der Waals surface area (Å²) in [6.45, 7) is 0.0473. The molecule has 0 aliphatic heterocycles. The fourth-order valence-corrected chi connectivity index (χ4v) is 7.87. The van der Waals surface area contributed by atoms with Gasteiger partial charge in [-0.05, 0) is 55.4 Å². The van der Waals surface area contributed by atoms with Gasteiger partial charge in [0.05, 0.1) is 4.87 Å². The molecule has 144 valence electrons. The van der Waals surface area contributed by atoms with Crippen molar-refractivity contribution < 1.29 is 9.53 Å². The van der Waals surface area contributed by atoms with E-state index in [1.54, 1.807) is 0 Å². The third-order valence-electron chi connectivity index (χ3n) is 6.79. The maximum Gasteiger partial charge on any atom is 0.247 e. The van der Waals surface area contributed by atoms with Gasteiger partial charge in [-0.1, -0.05) is 36.3 Å². The number of rotatable bonds is 6. The molecule has 1 unspecified atom stereocenters. The number of alkyl halides is 2. The number of hydrogen-bond acceptors (Lipinski definition) is 2. The molecule has 1 aromatic carbocycles. The number of ether oxygens (including phenoxy) is 1. The first-order chi connectivity index (χ1) is 12.9. The van der Waals surface area contributed by atoms with Crippen LogP contribution in [0.5, 0.6) is 0 Å². The molecule has 1 aromatic rings. The van der Waals surface area contributed by atoms with Crippen LogP contribution in [0.2, 0.25) is 0 Å². The molecular formula is C22H25Cl2NO2. The van der Waals surface area contributed by atoms with Crippen molar-refractivity contribution >= 4 is 29.1 Å². The van der Waals surface area contributed by atoms with Crippen LogP contribution in [0, 0.1) is 30.1 Å². The summed E-state index contributed by atoms with van der Waals surface area (Å²) in [5.41, 5.74) is 6.80. The minimum atomic E-state index is -0.798. The van der Waals surface area contributed by atoms with Crippen LogP contribution < -0.4 is 5.73 Å². The van der Waals surface area contributed by atoms with Crippen LogP contribution in [0.1, 0.15) is 43.6 Å². The van der Waals surface area contributed by atoms with Crippen LogP contribution in [-0.2, 0) is 9.53 Å². The SMILES string of the molecule is C#CCOC(C(N)=O)[C@@H](c1ccccc1)[C@H]1[C@H]2C[C@@H]3C[C@](Cl)(C2)C[C@@]1(Cl)C3. The van der Waals surface area contributed by atoms with E-state index in [2.05, 4.69) is 5.92 Å². The van der Waals surface area contributed by atoms with Gasteiger partial charge < -0.3 is 10.5 Å². The lowest BCUT2D eigenvalue weighted by atomic mass is 9.48. The quantitative estimate of drug-likeness (QED) is 0.572. The summed E-state index contributed by atoms with van der Waals surface area (Å²) in [5, 5.41) is 0. The summed E-state index contributed by atoms with van der Waals surface area (Å²) >= 11 is 14.2. The van der Waals surface area contributed by atoms with E-state index < -0.39 is 16.9 Å². The van der Waals surface area contributed by atoms with Gasteiger partial charge in [0.25, 0.3) is 0 Å². The highest BCUT2D eigenvalue weighted by atomic mass is 35.5. The summed E-state index contributed by atoms with van der Waals surface area (Å²) in [6.07, 6.45) is 9.39. The number of halogens is 2. The fourth-order valence-electron chi connectivity index (χ4n) is 6.36. The zero-order valence-corrected chi connectivity index (χ0v) is 16.8. The van der Waals surface area contributed by atoms with Gasteiger partial charge in [0.15, 0.2) is 0 Å². The van der Waals surface area contributed by atoms with E-state index in [0.717, 1.165) is 37.7 Å². The van der Waals surface area contributed by atoms with Gasteiger partial charge in [-0.15, -0.1) is 29.6 Å². The Balaban J connectivity index is 1.77. The summed E-state index contributed by atoms with van der Waals surface area (Å²) in [4.78, 5) is 11.8. The molecule has 4 saturated carbocycles. The first-order valence-electron chi connectivity index (χ1n) is 9.62. The van der Waals surface area contributed by atoms with Crippen LogP contribution in [0.4, 0.5) is 0 Å². The Morgan fingerprint density at radius 3 is 2.63 bits per heavy atom. The average molecular weight is 406 g/mol. The Bertz CT molecular complexity index is 763. The van der Waals surface area contributed by atoms with Crippen LogP contribution in [0.15, 0.2) is 30.3 Å². The van der Waals surface area contributed by atoms with Crippen LogP contribution in [0.25, 0.3) is 0 Å². The Morgan fingerprint density at radius 1 is 1.30 bits per heavy atom. The zero-order chi connectivity index (χ0) is 19.2. The first kappa shape index (κ1) is 19.1. The van der Waals surface area contributed by atoms with Crippen molar-refractivity contribution in [3.8, 4) is 12.3 Å². The van der Waals surface area contributed by atoms with Gasteiger partial charge in [0, 0.05) is 10.8 Å². The molecule has 0 saturated heterocycles. The Kier molecular flexibility index (Phi) is 4.95. The van der Waals surface area contributed by atoms with Gasteiger partial charge in [0.1, 0.15) is 12.7 Å². The minimum absolute atomic E-state index is 0.0473. The zero-order valence-electron chi connectivity index (χ0n) is 15.2. The molecular weight excluding hydrogens is 381 g/mol. The molecule has 5 heteroatoms. The van der Waals surface area contributed by atoms with Gasteiger partial charge in [-0.2, -0.15) is 0 Å². The van der Waals surface area contributed by atoms with E-state index in [4.69, 9.17) is 40.1 Å². The average Bonchev–Trinajstić information content (AvgIpc) is 2.58. The molecule has 3 nitrogen and oxygen atoms in total. The smallest absolute Gasteiger partial charge is 0.247 e. The number of amides is 1. The summed E-state index contributed by atoms with van der Waals surface area (Å²) in [6, 6.07) is 9.97. The lowest BCUT2D eigenvalue weighted by molar-refractivity contribution is -0.134. The maximum atomic E-state index is 12.4. The molecule has 0 aromatic heterocycles. The van der Waals surface area contributed by atoms with Crippen molar-refractivity contribution in [1.29, 1.82) is 0 Å². The Morgan fingerprint density at radius 2 is 2.04 bits per heavy atom. The summed E-state index contributed by atoms with van der Waals surface area (Å²) in [7, 11) is 0. The van der Waals surface area contributed by atoms with E-state index in [0.29, 0.717) is 11.8 Å². The number of terminal acetylenes is 1. The molecule has 0 heterocycles. The highest BCUT2D eigenvalue weighted by molar-refractivity contribution is 6.28. The molecule has 0 radical (unpaired) electrons. The van der Waals surface area contributed by atoms with Gasteiger partial charge in [-0.25, -0.2) is 0 Å². The van der Waals surface area contributed by atoms with Crippen LogP contribution in [0.3, 0.4) is 0 Å². The lowest BCUT2D eigenvalue weighted by Gasteiger charge is -2.63. The predicted molar refractivity (Wildman–Crippen MR) is 108 cm³/mol. The summed E-state index contributed by atoms with van der Waals surface area (Å²) in [5.74, 6) is 2.76. The van der Waals surface area contributed by atoms with E-state index >= 15 is 0 Å².